The molecule has 10 aromatic rings. The third-order valence-corrected chi connectivity index (χ3v) is 13.5. The van der Waals surface area contributed by atoms with Crippen LogP contribution in [0.25, 0.3) is 43.9 Å². The second kappa shape index (κ2) is 19.3. The van der Waals surface area contributed by atoms with Crippen molar-refractivity contribution in [1.29, 1.82) is 0 Å². The fourth-order valence-electron chi connectivity index (χ4n) is 10.0. The lowest BCUT2D eigenvalue weighted by molar-refractivity contribution is -0.188. The van der Waals surface area contributed by atoms with E-state index in [0.29, 0.717) is 67.6 Å². The van der Waals surface area contributed by atoms with Gasteiger partial charge in [-0.3, -0.25) is 19.2 Å². The number of carboxylic acid groups (broad SMARTS) is 2. The number of hydrogen-bond acceptors (Lipinski definition) is 8. The van der Waals surface area contributed by atoms with Crippen molar-refractivity contribution in [2.45, 2.75) is 26.2 Å². The number of carboxylic acids is 2. The van der Waals surface area contributed by atoms with Gasteiger partial charge in [0.2, 0.25) is 11.8 Å². The fraction of sp³-hybridized carbons (Fsp3) is 0.133. The molecule has 0 aliphatic heterocycles. The van der Waals surface area contributed by atoms with Crippen LogP contribution in [0.5, 0.6) is 23.0 Å². The van der Waals surface area contributed by atoms with Crippen molar-refractivity contribution in [3.05, 3.63) is 216 Å². The molecule has 0 saturated heterocycles. The second-order valence-corrected chi connectivity index (χ2v) is 18.1. The highest BCUT2D eigenvalue weighted by atomic mass is 16.5. The first kappa shape index (κ1) is 45.3. The monoisotopic (exact) mass is 954 g/mol. The van der Waals surface area contributed by atoms with E-state index >= 15 is 9.59 Å². The maximum Gasteiger partial charge on any atom is 0.308 e. The van der Waals surface area contributed by atoms with Crippen molar-refractivity contribution in [2.75, 3.05) is 0 Å². The summed E-state index contributed by atoms with van der Waals surface area (Å²) in [5.41, 5.74) is 5.53. The van der Waals surface area contributed by atoms with E-state index in [2.05, 4.69) is 0 Å². The Hall–Kier alpha value is -9.16. The summed E-state index contributed by atoms with van der Waals surface area (Å²) in [7, 11) is 0. The van der Waals surface area contributed by atoms with Crippen LogP contribution in [0.4, 0.5) is 0 Å². The van der Waals surface area contributed by atoms with Gasteiger partial charge in [-0.15, -0.1) is 0 Å². The van der Waals surface area contributed by atoms with Gasteiger partial charge in [0, 0.05) is 47.7 Å². The van der Waals surface area contributed by atoms with Crippen molar-refractivity contribution in [1.82, 2.24) is 9.80 Å². The first-order valence-corrected chi connectivity index (χ1v) is 23.6. The molecule has 2 heterocycles. The van der Waals surface area contributed by atoms with Crippen LogP contribution in [-0.2, 0) is 45.4 Å². The van der Waals surface area contributed by atoms with Gasteiger partial charge in [-0.05, 0) is 107 Å². The maximum absolute atomic E-state index is 15.2. The molecule has 72 heavy (non-hydrogen) atoms. The summed E-state index contributed by atoms with van der Waals surface area (Å²) < 4.78 is 24.2. The molecule has 2 amide bonds. The van der Waals surface area contributed by atoms with Crippen LogP contribution in [0.2, 0.25) is 0 Å². The Morgan fingerprint density at radius 1 is 0.361 bits per heavy atom. The molecule has 0 radical (unpaired) electrons. The number of ether oxygens (including phenoxy) is 2. The predicted molar refractivity (Wildman–Crippen MR) is 271 cm³/mol. The molecular formula is C60H46N2O10. The van der Waals surface area contributed by atoms with Crippen LogP contribution in [-0.4, -0.2) is 43.8 Å². The smallest absolute Gasteiger partial charge is 0.308 e. The van der Waals surface area contributed by atoms with E-state index in [1.165, 1.54) is 9.80 Å². The molecule has 11 rings (SSSR count). The zero-order chi connectivity index (χ0) is 49.3. The van der Waals surface area contributed by atoms with Crippen molar-refractivity contribution < 1.29 is 47.7 Å². The van der Waals surface area contributed by atoms with Crippen molar-refractivity contribution in [3.8, 4) is 23.0 Å². The van der Waals surface area contributed by atoms with E-state index in [0.717, 1.165) is 21.5 Å². The Labute approximate surface area is 412 Å². The molecular weight excluding hydrogens is 909 g/mol. The summed E-state index contributed by atoms with van der Waals surface area (Å²) in [6.07, 6.45) is 0. The minimum absolute atomic E-state index is 0.00366. The normalized spacial score (nSPS) is 16.3. The molecule has 8 aromatic carbocycles. The van der Waals surface area contributed by atoms with Gasteiger partial charge in [0.25, 0.3) is 0 Å². The van der Waals surface area contributed by atoms with Crippen molar-refractivity contribution in [2.24, 2.45) is 23.7 Å². The summed E-state index contributed by atoms with van der Waals surface area (Å²) in [6, 6.07) is 59.4. The van der Waals surface area contributed by atoms with Gasteiger partial charge in [-0.2, -0.15) is 0 Å². The van der Waals surface area contributed by atoms with Crippen LogP contribution >= 0.6 is 0 Å². The lowest BCUT2D eigenvalue weighted by Gasteiger charge is -2.48. The first-order chi connectivity index (χ1) is 35.1. The number of para-hydroxylation sites is 4. The lowest BCUT2D eigenvalue weighted by atomic mass is 9.55. The first-order valence-electron chi connectivity index (χ1n) is 23.6. The summed E-state index contributed by atoms with van der Waals surface area (Å²) in [5, 5.41) is 25.4. The molecule has 12 heteroatoms. The van der Waals surface area contributed by atoms with E-state index in [1.807, 2.05) is 170 Å². The number of aliphatic carboxylic acids is 2. The highest BCUT2D eigenvalue weighted by molar-refractivity contribution is 6.06. The quantitative estimate of drug-likeness (QED) is 0.0954. The molecule has 356 valence electrons. The zero-order valence-corrected chi connectivity index (χ0v) is 38.7. The molecule has 0 unspecified atom stereocenters. The molecule has 1 aliphatic rings. The Kier molecular flexibility index (Phi) is 12.2. The molecule has 2 N–H and O–H groups in total. The molecule has 0 bridgehead atoms. The number of carbonyl (C=O) groups is 4. The van der Waals surface area contributed by atoms with Crippen LogP contribution in [0.1, 0.15) is 22.3 Å². The van der Waals surface area contributed by atoms with Crippen LogP contribution < -0.4 is 9.47 Å². The number of rotatable bonds is 16. The number of benzene rings is 8. The summed E-state index contributed by atoms with van der Waals surface area (Å²) in [4.78, 5) is 60.4. The molecule has 12 nitrogen and oxygen atoms in total. The number of furan rings is 2. The van der Waals surface area contributed by atoms with Crippen LogP contribution in [0, 0.1) is 23.7 Å². The third-order valence-electron chi connectivity index (χ3n) is 13.5. The number of amides is 2. The Bertz CT molecular complexity index is 3380. The van der Waals surface area contributed by atoms with Gasteiger partial charge in [-0.25, -0.2) is 0 Å². The van der Waals surface area contributed by atoms with E-state index < -0.39 is 47.4 Å². The average Bonchev–Trinajstić information content (AvgIpc) is 3.95. The number of hydrogen-bond donors (Lipinski definition) is 2. The van der Waals surface area contributed by atoms with E-state index in [-0.39, 0.29) is 26.2 Å². The topological polar surface area (TPSA) is 160 Å². The van der Waals surface area contributed by atoms with E-state index in [9.17, 15) is 19.8 Å². The van der Waals surface area contributed by atoms with Crippen molar-refractivity contribution in [3.63, 3.8) is 0 Å². The maximum atomic E-state index is 15.2. The SMILES string of the molecule is O=C(O)C1C(C(=O)N(Cc2ccc(Oc3ccccc3)cc2)Cc2ccc3oc4ccccc4c3c2)C(C(=O)O)C1C(=O)N(Cc1ccc(Oc2ccccc2)cc1)Cc1ccc2oc3ccccc3c2c1. The standard InChI is InChI=1S/C60H46N2O10/c63-57(61(33-37-19-25-43(26-20-37)69-41-11-3-1-4-12-41)35-39-23-29-51-47(31-39)45-15-7-9-17-49(45)71-51)53-55(59(65)66)54(56(53)60(67)68)58(64)62(34-38-21-27-44(28-22-38)70-42-13-5-2-6-14-42)36-40-24-30-52-48(32-40)46-16-8-10-18-50(46)72-52/h1-32,53-56H,33-36H2,(H,65,66)(H,67,68). The molecule has 1 fully saturated rings. The second-order valence-electron chi connectivity index (χ2n) is 18.1. The number of carbonyl (C=O) groups excluding carboxylic acids is 2. The predicted octanol–water partition coefficient (Wildman–Crippen LogP) is 12.5. The van der Waals surface area contributed by atoms with Crippen molar-refractivity contribution >= 4 is 67.6 Å². The number of fused-ring (bicyclic) bond motifs is 6. The van der Waals surface area contributed by atoms with Gasteiger partial charge in [0.15, 0.2) is 0 Å². The van der Waals surface area contributed by atoms with Gasteiger partial charge < -0.3 is 38.3 Å². The zero-order valence-electron chi connectivity index (χ0n) is 38.7. The summed E-state index contributed by atoms with van der Waals surface area (Å²) >= 11 is 0. The Balaban J connectivity index is 0.918. The van der Waals surface area contributed by atoms with E-state index in [4.69, 9.17) is 18.3 Å². The van der Waals surface area contributed by atoms with Crippen LogP contribution in [0.3, 0.4) is 0 Å². The Morgan fingerprint density at radius 3 is 1.07 bits per heavy atom. The Morgan fingerprint density at radius 2 is 0.681 bits per heavy atom. The largest absolute Gasteiger partial charge is 0.481 e. The highest BCUT2D eigenvalue weighted by Crippen LogP contribution is 2.49. The third kappa shape index (κ3) is 9.09. The molecule has 0 atom stereocenters. The lowest BCUT2D eigenvalue weighted by Crippen LogP contribution is -2.64. The van der Waals surface area contributed by atoms with Gasteiger partial charge in [0.05, 0.1) is 23.7 Å². The number of nitrogens with zero attached hydrogens (tertiary/aromatic N) is 2. The molecule has 2 aromatic heterocycles. The van der Waals surface area contributed by atoms with Gasteiger partial charge in [-0.1, -0.05) is 109 Å². The molecule has 1 saturated carbocycles. The fourth-order valence-corrected chi connectivity index (χ4v) is 10.0. The van der Waals surface area contributed by atoms with E-state index in [1.54, 1.807) is 24.3 Å². The summed E-state index contributed by atoms with van der Waals surface area (Å²) in [5.74, 6) is -8.29. The molecule has 0 spiro atoms. The van der Waals surface area contributed by atoms with Gasteiger partial charge in [0.1, 0.15) is 45.3 Å². The minimum atomic E-state index is -1.65. The minimum Gasteiger partial charge on any atom is -0.481 e. The average molecular weight is 955 g/mol. The van der Waals surface area contributed by atoms with Gasteiger partial charge >= 0.3 is 11.9 Å². The summed E-state index contributed by atoms with van der Waals surface area (Å²) in [6.45, 7) is 0.0185. The highest BCUT2D eigenvalue weighted by Gasteiger charge is 2.65. The van der Waals surface area contributed by atoms with Crippen LogP contribution in [0.15, 0.2) is 203 Å². The molecule has 1 aliphatic carbocycles.